The minimum atomic E-state index is -0.410. The summed E-state index contributed by atoms with van der Waals surface area (Å²) in [6.45, 7) is 5.77. The van der Waals surface area contributed by atoms with Crippen LogP contribution in [0.25, 0.3) is 11.1 Å². The molecule has 7 heteroatoms. The van der Waals surface area contributed by atoms with E-state index in [0.29, 0.717) is 35.5 Å². The molecule has 0 unspecified atom stereocenters. The van der Waals surface area contributed by atoms with Crippen molar-refractivity contribution in [2.45, 2.75) is 39.0 Å². The number of hydrogen-bond acceptors (Lipinski definition) is 5. The Hall–Kier alpha value is -2.96. The Labute approximate surface area is 162 Å². The molecule has 1 saturated heterocycles. The van der Waals surface area contributed by atoms with Gasteiger partial charge >= 0.3 is 0 Å². The topological polar surface area (TPSA) is 92.5 Å². The molecule has 0 radical (unpaired) electrons. The lowest BCUT2D eigenvalue weighted by Crippen LogP contribution is -2.38. The highest BCUT2D eigenvalue weighted by Crippen LogP contribution is 2.35. The largest absolute Gasteiger partial charge is 0.440 e. The van der Waals surface area contributed by atoms with E-state index in [1.807, 2.05) is 32.9 Å². The van der Waals surface area contributed by atoms with Crippen LogP contribution in [0.1, 0.15) is 39.5 Å². The van der Waals surface area contributed by atoms with Gasteiger partial charge in [0.1, 0.15) is 12.1 Å². The molecule has 3 amide bonds. The second-order valence-electron chi connectivity index (χ2n) is 8.42. The van der Waals surface area contributed by atoms with Gasteiger partial charge < -0.3 is 9.73 Å². The molecule has 1 N–H and O–H groups in total. The fourth-order valence-electron chi connectivity index (χ4n) is 3.69. The number of oxazole rings is 1. The fourth-order valence-corrected chi connectivity index (χ4v) is 3.69. The number of carbonyl (C=O) groups is 3. The number of amides is 3. The molecule has 2 aliphatic rings. The highest BCUT2D eigenvalue weighted by Gasteiger charge is 2.47. The van der Waals surface area contributed by atoms with Crippen molar-refractivity contribution in [3.63, 3.8) is 0 Å². The van der Waals surface area contributed by atoms with E-state index in [-0.39, 0.29) is 35.6 Å². The van der Waals surface area contributed by atoms with Crippen LogP contribution in [0.15, 0.2) is 34.8 Å². The van der Waals surface area contributed by atoms with Gasteiger partial charge in [-0.3, -0.25) is 19.3 Å². The fraction of sp³-hybridized carbons (Fsp3) is 0.429. The van der Waals surface area contributed by atoms with Crippen LogP contribution in [0.3, 0.4) is 0 Å². The van der Waals surface area contributed by atoms with Crippen LogP contribution in [0.2, 0.25) is 0 Å². The summed E-state index contributed by atoms with van der Waals surface area (Å²) in [4.78, 5) is 43.0. The Kier molecular flexibility index (Phi) is 4.33. The Bertz CT molecular complexity index is 973. The summed E-state index contributed by atoms with van der Waals surface area (Å²) in [5.74, 6) is -0.949. The minimum absolute atomic E-state index is 0.218. The first-order valence-corrected chi connectivity index (χ1v) is 9.45. The van der Waals surface area contributed by atoms with Gasteiger partial charge in [-0.2, -0.15) is 0 Å². The predicted molar refractivity (Wildman–Crippen MR) is 103 cm³/mol. The highest BCUT2D eigenvalue weighted by atomic mass is 16.3. The van der Waals surface area contributed by atoms with Crippen LogP contribution in [0.5, 0.6) is 0 Å². The smallest absolute Gasteiger partial charge is 0.244 e. The van der Waals surface area contributed by atoms with Gasteiger partial charge in [-0.05, 0) is 31.0 Å². The van der Waals surface area contributed by atoms with Crippen LogP contribution in [0.4, 0.5) is 5.69 Å². The van der Waals surface area contributed by atoms with E-state index in [1.165, 1.54) is 0 Å². The standard InChI is InChI=1S/C21H23N3O4/c1-21(2,3)20-23-15-10-12(8-9-16(15)28-20)22-17(25)11-24-18(26)13-6-4-5-7-14(13)19(24)27/h4-5,8-10,13-14H,6-7,11H2,1-3H3,(H,22,25)/t13-,14-/m1/s1. The monoisotopic (exact) mass is 381 g/mol. The van der Waals surface area contributed by atoms with Crippen molar-refractivity contribution in [3.05, 3.63) is 36.2 Å². The lowest BCUT2D eigenvalue weighted by molar-refractivity contribution is -0.142. The third-order valence-electron chi connectivity index (χ3n) is 5.21. The molecule has 1 aromatic heterocycles. The van der Waals surface area contributed by atoms with Crippen LogP contribution in [-0.2, 0) is 19.8 Å². The molecule has 28 heavy (non-hydrogen) atoms. The average molecular weight is 381 g/mol. The van der Waals surface area contributed by atoms with Crippen molar-refractivity contribution >= 4 is 34.5 Å². The van der Waals surface area contributed by atoms with Gasteiger partial charge in [0.15, 0.2) is 5.58 Å². The first kappa shape index (κ1) is 18.4. The van der Waals surface area contributed by atoms with E-state index in [0.717, 1.165) is 4.90 Å². The number of rotatable bonds is 3. The zero-order valence-electron chi connectivity index (χ0n) is 16.2. The molecule has 1 aliphatic carbocycles. The van der Waals surface area contributed by atoms with Gasteiger partial charge in [0.2, 0.25) is 23.6 Å². The normalized spacial score (nSPS) is 22.0. The number of likely N-dealkylation sites (tertiary alicyclic amines) is 1. The molecule has 1 aliphatic heterocycles. The number of anilines is 1. The van der Waals surface area contributed by atoms with E-state index in [1.54, 1.807) is 18.2 Å². The Balaban J connectivity index is 1.46. The number of nitrogens with zero attached hydrogens (tertiary/aromatic N) is 2. The molecule has 0 bridgehead atoms. The van der Waals surface area contributed by atoms with E-state index in [2.05, 4.69) is 10.3 Å². The number of aromatic nitrogens is 1. The van der Waals surface area contributed by atoms with Crippen LogP contribution < -0.4 is 5.32 Å². The second-order valence-corrected chi connectivity index (χ2v) is 8.42. The summed E-state index contributed by atoms with van der Waals surface area (Å²) in [6, 6.07) is 5.19. The van der Waals surface area contributed by atoms with Crippen molar-refractivity contribution in [1.29, 1.82) is 0 Å². The molecule has 2 heterocycles. The number of fused-ring (bicyclic) bond motifs is 2. The molecule has 1 aromatic carbocycles. The van der Waals surface area contributed by atoms with Gasteiger partial charge in [0.25, 0.3) is 0 Å². The van der Waals surface area contributed by atoms with E-state index >= 15 is 0 Å². The SMILES string of the molecule is CC(C)(C)c1nc2cc(NC(=O)CN3C(=O)[C@@H]4CC=CC[C@H]4C3=O)ccc2o1. The number of imide groups is 1. The lowest BCUT2D eigenvalue weighted by Gasteiger charge is -2.14. The molecule has 2 atom stereocenters. The van der Waals surface area contributed by atoms with Crippen molar-refractivity contribution in [3.8, 4) is 0 Å². The van der Waals surface area contributed by atoms with Crippen molar-refractivity contribution in [2.75, 3.05) is 11.9 Å². The minimum Gasteiger partial charge on any atom is -0.440 e. The number of allylic oxidation sites excluding steroid dienone is 2. The van der Waals surface area contributed by atoms with E-state index in [9.17, 15) is 14.4 Å². The third-order valence-corrected chi connectivity index (χ3v) is 5.21. The Morgan fingerprint density at radius 3 is 2.43 bits per heavy atom. The maximum Gasteiger partial charge on any atom is 0.244 e. The number of benzene rings is 1. The zero-order valence-corrected chi connectivity index (χ0v) is 16.2. The first-order chi connectivity index (χ1) is 13.2. The number of nitrogens with one attached hydrogen (secondary N) is 1. The summed E-state index contributed by atoms with van der Waals surface area (Å²) in [5.41, 5.74) is 1.62. The van der Waals surface area contributed by atoms with Crippen LogP contribution in [0, 0.1) is 11.8 Å². The summed E-state index contributed by atoms with van der Waals surface area (Å²) in [6.07, 6.45) is 4.97. The predicted octanol–water partition coefficient (Wildman–Crippen LogP) is 3.02. The zero-order chi connectivity index (χ0) is 20.1. The highest BCUT2D eigenvalue weighted by molar-refractivity contribution is 6.09. The van der Waals surface area contributed by atoms with Gasteiger partial charge in [-0.1, -0.05) is 32.9 Å². The summed E-state index contributed by atoms with van der Waals surface area (Å²) in [5, 5.41) is 2.75. The molecule has 7 nitrogen and oxygen atoms in total. The lowest BCUT2D eigenvalue weighted by atomic mass is 9.85. The third kappa shape index (κ3) is 3.21. The van der Waals surface area contributed by atoms with E-state index < -0.39 is 5.91 Å². The van der Waals surface area contributed by atoms with Crippen LogP contribution in [-0.4, -0.2) is 34.2 Å². The van der Waals surface area contributed by atoms with E-state index in [4.69, 9.17) is 4.42 Å². The molecule has 0 saturated carbocycles. The summed E-state index contributed by atoms with van der Waals surface area (Å²) < 4.78 is 5.76. The molecule has 146 valence electrons. The Morgan fingerprint density at radius 1 is 1.18 bits per heavy atom. The van der Waals surface area contributed by atoms with Gasteiger partial charge in [0, 0.05) is 11.1 Å². The van der Waals surface area contributed by atoms with Gasteiger partial charge in [0.05, 0.1) is 11.8 Å². The van der Waals surface area contributed by atoms with Crippen LogP contribution >= 0.6 is 0 Å². The number of hydrogen-bond donors (Lipinski definition) is 1. The van der Waals surface area contributed by atoms with Crippen molar-refractivity contribution in [1.82, 2.24) is 9.88 Å². The maximum absolute atomic E-state index is 12.5. The molecular weight excluding hydrogens is 358 g/mol. The molecule has 2 aromatic rings. The van der Waals surface area contributed by atoms with Crippen molar-refractivity contribution < 1.29 is 18.8 Å². The first-order valence-electron chi connectivity index (χ1n) is 9.45. The maximum atomic E-state index is 12.5. The van der Waals surface area contributed by atoms with Gasteiger partial charge in [-0.25, -0.2) is 4.98 Å². The van der Waals surface area contributed by atoms with Gasteiger partial charge in [-0.15, -0.1) is 0 Å². The molecule has 4 rings (SSSR count). The molecular formula is C21H23N3O4. The van der Waals surface area contributed by atoms with Crippen molar-refractivity contribution in [2.24, 2.45) is 11.8 Å². The summed E-state index contributed by atoms with van der Waals surface area (Å²) >= 11 is 0. The molecule has 0 spiro atoms. The second kappa shape index (κ2) is 6.58. The average Bonchev–Trinajstić information content (AvgIpc) is 3.17. The summed E-state index contributed by atoms with van der Waals surface area (Å²) in [7, 11) is 0. The quantitative estimate of drug-likeness (QED) is 0.652. The Morgan fingerprint density at radius 2 is 1.82 bits per heavy atom. The molecule has 1 fully saturated rings. The number of carbonyl (C=O) groups excluding carboxylic acids is 3.